The number of nitrogens with zero attached hydrogens (tertiary/aromatic N) is 1. The molecule has 1 aromatic heterocycles. The molecule has 9 heteroatoms. The number of allylic oxidation sites excluding steroid dienone is 1. The number of likely N-dealkylation sites (N-methyl/N-ethyl adjacent to an activating group) is 1. The largest absolute Gasteiger partial charge is 0.495 e. The molecule has 1 unspecified atom stereocenters. The van der Waals surface area contributed by atoms with Gasteiger partial charge < -0.3 is 10.1 Å². The van der Waals surface area contributed by atoms with Crippen LogP contribution in [0.3, 0.4) is 0 Å². The highest BCUT2D eigenvalue weighted by Crippen LogP contribution is 2.44. The molecule has 2 aromatic carbocycles. The fraction of sp³-hybridized carbons (Fsp3) is 0.185. The van der Waals surface area contributed by atoms with E-state index in [4.69, 9.17) is 4.74 Å². The van der Waals surface area contributed by atoms with E-state index in [-0.39, 0.29) is 5.91 Å². The van der Waals surface area contributed by atoms with Crippen LogP contribution in [0.2, 0.25) is 0 Å². The first kappa shape index (κ1) is 25.6. The van der Waals surface area contributed by atoms with E-state index >= 15 is 0 Å². The van der Waals surface area contributed by atoms with E-state index in [1.54, 1.807) is 24.7 Å². The van der Waals surface area contributed by atoms with Gasteiger partial charge in [0.05, 0.1) is 18.1 Å². The van der Waals surface area contributed by atoms with Gasteiger partial charge >= 0.3 is 0 Å². The molecule has 1 heterocycles. The molecular weight excluding hydrogens is 494 g/mol. The summed E-state index contributed by atoms with van der Waals surface area (Å²) < 4.78 is 20.4. The third kappa shape index (κ3) is 5.48. The lowest BCUT2D eigenvalue weighted by Gasteiger charge is -2.20. The summed E-state index contributed by atoms with van der Waals surface area (Å²) in [5.74, 6) is 0.397. The molecule has 1 atom stereocenters. The van der Waals surface area contributed by atoms with Crippen LogP contribution in [0.5, 0.6) is 5.75 Å². The van der Waals surface area contributed by atoms with Gasteiger partial charge in [-0.05, 0) is 52.3 Å². The van der Waals surface area contributed by atoms with E-state index in [2.05, 4.69) is 28.2 Å². The van der Waals surface area contributed by atoms with Crippen molar-refractivity contribution in [3.63, 3.8) is 0 Å². The van der Waals surface area contributed by atoms with Gasteiger partial charge in [0.1, 0.15) is 5.75 Å². The van der Waals surface area contributed by atoms with Crippen LogP contribution in [0.1, 0.15) is 11.1 Å². The summed E-state index contributed by atoms with van der Waals surface area (Å²) in [6, 6.07) is 14.0. The highest BCUT2D eigenvalue weighted by atomic mass is 32.2. The van der Waals surface area contributed by atoms with Crippen LogP contribution < -0.4 is 19.7 Å². The van der Waals surface area contributed by atoms with E-state index in [1.165, 1.54) is 29.8 Å². The fourth-order valence-electron chi connectivity index (χ4n) is 4.16. The summed E-state index contributed by atoms with van der Waals surface area (Å²) in [4.78, 5) is 26.1. The number of carbonyl (C=O) groups is 2. The Morgan fingerprint density at radius 1 is 1.19 bits per heavy atom. The average Bonchev–Trinajstić information content (AvgIpc) is 3.57. The number of fused-ring (bicyclic) bond motifs is 1. The number of thiophene rings is 1. The smallest absolute Gasteiger partial charge is 0.245 e. The first-order valence-corrected chi connectivity index (χ1v) is 13.7. The topological polar surface area (TPSA) is 87.7 Å². The molecule has 0 aliphatic heterocycles. The Kier molecular flexibility index (Phi) is 8.14. The number of nitrogens with one attached hydrogen (secondary N) is 2. The number of benzene rings is 2. The Labute approximate surface area is 217 Å². The van der Waals surface area contributed by atoms with E-state index in [0.717, 1.165) is 39.1 Å². The second-order valence-electron chi connectivity index (χ2n) is 8.07. The highest BCUT2D eigenvalue weighted by Gasteiger charge is 2.20. The van der Waals surface area contributed by atoms with Crippen molar-refractivity contribution in [2.45, 2.75) is 6.42 Å². The molecule has 2 amide bonds. The Balaban J connectivity index is 1.81. The van der Waals surface area contributed by atoms with Crippen molar-refractivity contribution in [3.8, 4) is 27.3 Å². The van der Waals surface area contributed by atoms with Crippen molar-refractivity contribution in [1.29, 1.82) is 0 Å². The lowest BCUT2D eigenvalue weighted by molar-refractivity contribution is -0.116. The van der Waals surface area contributed by atoms with Crippen molar-refractivity contribution in [2.24, 2.45) is 0 Å². The van der Waals surface area contributed by atoms with Crippen molar-refractivity contribution >= 4 is 45.9 Å². The summed E-state index contributed by atoms with van der Waals surface area (Å²) in [6.07, 6.45) is 7.98. The summed E-state index contributed by atoms with van der Waals surface area (Å²) >= 11 is 1.58. The third-order valence-electron chi connectivity index (χ3n) is 5.91. The molecular formula is C27H27N3O4S2. The Hall–Kier alpha value is -3.53. The minimum atomic E-state index is -1.08. The zero-order valence-corrected chi connectivity index (χ0v) is 21.9. The Bertz CT molecular complexity index is 1360. The number of hydrogen-bond donors (Lipinski definition) is 2. The van der Waals surface area contributed by atoms with Crippen LogP contribution in [0.4, 0.5) is 5.69 Å². The van der Waals surface area contributed by atoms with Gasteiger partial charge in [-0.3, -0.25) is 14.5 Å². The van der Waals surface area contributed by atoms with Gasteiger partial charge in [-0.2, -0.15) is 0 Å². The van der Waals surface area contributed by atoms with Gasteiger partial charge in [-0.25, -0.2) is 8.93 Å². The molecule has 0 saturated carbocycles. The minimum Gasteiger partial charge on any atom is -0.495 e. The van der Waals surface area contributed by atoms with Gasteiger partial charge in [0.15, 0.2) is 0 Å². The molecule has 0 fully saturated rings. The molecule has 0 spiro atoms. The number of rotatable bonds is 10. The van der Waals surface area contributed by atoms with Crippen molar-refractivity contribution in [3.05, 3.63) is 77.3 Å². The Morgan fingerprint density at radius 2 is 2.00 bits per heavy atom. The summed E-state index contributed by atoms with van der Waals surface area (Å²) in [5.41, 5.74) is 6.68. The number of carbonyl (C=O) groups excluding carboxylic acids is 2. The average molecular weight is 522 g/mol. The molecule has 36 heavy (non-hydrogen) atoms. The molecule has 0 saturated heterocycles. The normalized spacial score (nSPS) is 13.2. The maximum Gasteiger partial charge on any atom is 0.245 e. The lowest BCUT2D eigenvalue weighted by atomic mass is 9.95. The maximum atomic E-state index is 12.0. The first-order valence-electron chi connectivity index (χ1n) is 11.2. The van der Waals surface area contributed by atoms with Gasteiger partial charge in [0, 0.05) is 53.8 Å². The molecule has 0 radical (unpaired) electrons. The standard InChI is InChI=1S/C27H27N3O4S2/c1-28-26(32)10-11-30(17-31)21-14-23(27(34-2)24(15-21)25-5-4-12-35-25)19-8-9-22-18(13-19)6-7-20(22)16-29-36(3)33/h4-5,7-15,17,29H,6,16H2,1-3H3,(H,28,32)/b11-10-. The third-order valence-corrected chi connectivity index (χ3v) is 7.36. The van der Waals surface area contributed by atoms with E-state index in [1.807, 2.05) is 35.7 Å². The number of ether oxygens (including phenoxy) is 1. The van der Waals surface area contributed by atoms with Crippen LogP contribution >= 0.6 is 11.3 Å². The minimum absolute atomic E-state index is 0.308. The predicted octanol–water partition coefficient (Wildman–Crippen LogP) is 4.14. The van der Waals surface area contributed by atoms with E-state index < -0.39 is 11.0 Å². The predicted molar refractivity (Wildman–Crippen MR) is 147 cm³/mol. The lowest BCUT2D eigenvalue weighted by Crippen LogP contribution is -2.18. The molecule has 7 nitrogen and oxygen atoms in total. The SMILES string of the molecule is CNC(=O)/C=C\N(C=O)c1cc(-c2ccc3c(c2)CC=C3CNS(C)=O)c(OC)c(-c2cccs2)c1. The van der Waals surface area contributed by atoms with Crippen LogP contribution in [-0.4, -0.2) is 43.5 Å². The second kappa shape index (κ2) is 11.5. The molecule has 3 aromatic rings. The zero-order chi connectivity index (χ0) is 25.7. The summed E-state index contributed by atoms with van der Waals surface area (Å²) in [6.45, 7) is 0.544. The van der Waals surface area contributed by atoms with Gasteiger partial charge in [0.2, 0.25) is 12.3 Å². The zero-order valence-electron chi connectivity index (χ0n) is 20.2. The first-order chi connectivity index (χ1) is 17.4. The number of anilines is 1. The van der Waals surface area contributed by atoms with E-state index in [0.29, 0.717) is 24.4 Å². The van der Waals surface area contributed by atoms with Crippen LogP contribution in [0, 0.1) is 0 Å². The van der Waals surface area contributed by atoms with Crippen molar-refractivity contribution in [1.82, 2.24) is 10.0 Å². The molecule has 4 rings (SSSR count). The molecule has 2 N–H and O–H groups in total. The molecule has 1 aliphatic rings. The van der Waals surface area contributed by atoms with Crippen molar-refractivity contribution < 1.29 is 18.5 Å². The number of amides is 2. The van der Waals surface area contributed by atoms with Gasteiger partial charge in [-0.15, -0.1) is 11.3 Å². The fourth-order valence-corrected chi connectivity index (χ4v) is 5.26. The number of hydrogen-bond acceptors (Lipinski definition) is 5. The quantitative estimate of drug-likeness (QED) is 0.310. The Morgan fingerprint density at radius 3 is 2.67 bits per heavy atom. The maximum absolute atomic E-state index is 12.0. The van der Waals surface area contributed by atoms with Crippen LogP contribution in [-0.2, 0) is 27.0 Å². The molecule has 186 valence electrons. The summed E-state index contributed by atoms with van der Waals surface area (Å²) in [7, 11) is 2.09. The van der Waals surface area contributed by atoms with Crippen molar-refractivity contribution in [2.75, 3.05) is 31.9 Å². The second-order valence-corrected chi connectivity index (χ2v) is 10.2. The highest BCUT2D eigenvalue weighted by molar-refractivity contribution is 7.82. The molecule has 0 bridgehead atoms. The van der Waals surface area contributed by atoms with Crippen LogP contribution in [0.15, 0.2) is 66.2 Å². The molecule has 1 aliphatic carbocycles. The monoisotopic (exact) mass is 521 g/mol. The summed E-state index contributed by atoms with van der Waals surface area (Å²) in [5, 5.41) is 4.50. The van der Waals surface area contributed by atoms with Crippen LogP contribution in [0.25, 0.3) is 27.1 Å². The number of methoxy groups -OCH3 is 1. The van der Waals surface area contributed by atoms with Gasteiger partial charge in [-0.1, -0.05) is 30.3 Å². The van der Waals surface area contributed by atoms with Gasteiger partial charge in [0.25, 0.3) is 0 Å². The van der Waals surface area contributed by atoms with E-state index in [9.17, 15) is 13.8 Å².